The van der Waals surface area contributed by atoms with Gasteiger partial charge in [0, 0.05) is 12.5 Å². The molecule has 1 amide bonds. The van der Waals surface area contributed by atoms with Gasteiger partial charge in [0.2, 0.25) is 10.9 Å². The summed E-state index contributed by atoms with van der Waals surface area (Å²) in [5.41, 5.74) is 1.51. The summed E-state index contributed by atoms with van der Waals surface area (Å²) in [7, 11) is -4.05. The second kappa shape index (κ2) is 7.46. The van der Waals surface area contributed by atoms with Gasteiger partial charge >= 0.3 is 6.18 Å². The Kier molecular flexibility index (Phi) is 5.06. The Balaban J connectivity index is 1.61. The zero-order valence-corrected chi connectivity index (χ0v) is 17.3. The Morgan fingerprint density at radius 3 is 2.35 bits per heavy atom. The monoisotopic (exact) mass is 466 g/mol. The molecule has 0 atom stereocenters. The van der Waals surface area contributed by atoms with E-state index in [1.807, 2.05) is 4.72 Å². The number of fused-ring (bicyclic) bond motifs is 1. The summed E-state index contributed by atoms with van der Waals surface area (Å²) in [6.07, 6.45) is -2.89. The van der Waals surface area contributed by atoms with Crippen LogP contribution in [0.2, 0.25) is 0 Å². The molecule has 0 fully saturated rings. The third-order valence-corrected chi connectivity index (χ3v) is 6.96. The zero-order valence-electron chi connectivity index (χ0n) is 15.7. The van der Waals surface area contributed by atoms with E-state index in [4.69, 9.17) is 0 Å². The number of carbonyl (C=O) groups excluding carboxylic acids is 1. The third-order valence-electron chi connectivity index (χ3n) is 4.24. The molecule has 2 aromatic heterocycles. The molecule has 0 spiro atoms. The molecule has 7 nitrogen and oxygen atoms in total. The molecule has 31 heavy (non-hydrogen) atoms. The van der Waals surface area contributed by atoms with Crippen molar-refractivity contribution in [3.05, 3.63) is 60.3 Å². The maximum Gasteiger partial charge on any atom is 0.416 e. The molecular weight excluding hydrogens is 453 g/mol. The number of hydrogen-bond acceptors (Lipinski definition) is 6. The SMILES string of the molecule is CC(=O)NS(=O)(=O)c1nn2cc(-c3ccc(-c4cccc(C(F)(F)F)c4)cc3)nc2s1. The number of imidazole rings is 1. The number of rotatable bonds is 4. The second-order valence-corrected chi connectivity index (χ2v) is 9.35. The van der Waals surface area contributed by atoms with E-state index >= 15 is 0 Å². The highest BCUT2D eigenvalue weighted by Gasteiger charge is 2.30. The van der Waals surface area contributed by atoms with Crippen molar-refractivity contribution < 1.29 is 26.4 Å². The highest BCUT2D eigenvalue weighted by Crippen LogP contribution is 2.33. The lowest BCUT2D eigenvalue weighted by atomic mass is 10.0. The normalized spacial score (nSPS) is 12.3. The standard InChI is InChI=1S/C19H13F3N4O3S2/c1-11(27)25-31(28,29)18-24-26-10-16(23-17(26)30-18)13-7-5-12(6-8-13)14-3-2-4-15(9-14)19(20,21)22/h2-10H,1H3,(H,25,27). The first-order valence-electron chi connectivity index (χ1n) is 8.70. The van der Waals surface area contributed by atoms with Crippen LogP contribution in [0.4, 0.5) is 13.2 Å². The first-order chi connectivity index (χ1) is 14.5. The molecule has 0 saturated carbocycles. The maximum atomic E-state index is 12.9. The van der Waals surface area contributed by atoms with Crippen LogP contribution in [-0.2, 0) is 21.0 Å². The van der Waals surface area contributed by atoms with Gasteiger partial charge in [-0.15, -0.1) is 5.10 Å². The lowest BCUT2D eigenvalue weighted by Crippen LogP contribution is -2.28. The van der Waals surface area contributed by atoms with Crippen LogP contribution in [0.5, 0.6) is 0 Å². The summed E-state index contributed by atoms with van der Waals surface area (Å²) >= 11 is 0.797. The molecule has 4 aromatic rings. The van der Waals surface area contributed by atoms with E-state index < -0.39 is 27.7 Å². The van der Waals surface area contributed by atoms with E-state index in [0.717, 1.165) is 30.4 Å². The molecule has 0 bridgehead atoms. The summed E-state index contributed by atoms with van der Waals surface area (Å²) in [5, 5.41) is 3.94. The number of benzene rings is 2. The molecule has 4 rings (SSSR count). The number of sulfonamides is 1. The van der Waals surface area contributed by atoms with Crippen molar-refractivity contribution in [2.24, 2.45) is 0 Å². The molecule has 0 aliphatic carbocycles. The fraction of sp³-hybridized carbons (Fsp3) is 0.105. The molecule has 0 aliphatic rings. The Labute approximate surface area is 178 Å². The number of alkyl halides is 3. The van der Waals surface area contributed by atoms with Crippen LogP contribution in [0.3, 0.4) is 0 Å². The topological polar surface area (TPSA) is 93.4 Å². The van der Waals surface area contributed by atoms with Crippen molar-refractivity contribution >= 4 is 32.2 Å². The van der Waals surface area contributed by atoms with Crippen molar-refractivity contribution in [3.8, 4) is 22.4 Å². The number of amides is 1. The smallest absolute Gasteiger partial charge is 0.274 e. The number of nitrogens with one attached hydrogen (secondary N) is 1. The first kappa shape index (κ1) is 21.0. The highest BCUT2D eigenvalue weighted by molar-refractivity contribution is 7.92. The number of halogens is 3. The Bertz CT molecular complexity index is 1360. The van der Waals surface area contributed by atoms with Gasteiger partial charge in [-0.1, -0.05) is 47.7 Å². The molecule has 0 aliphatic heterocycles. The summed E-state index contributed by atoms with van der Waals surface area (Å²) < 4.78 is 65.7. The minimum Gasteiger partial charge on any atom is -0.274 e. The average Bonchev–Trinajstić information content (AvgIpc) is 3.26. The third kappa shape index (κ3) is 4.30. The minimum atomic E-state index is -4.42. The number of aromatic nitrogens is 3. The summed E-state index contributed by atoms with van der Waals surface area (Å²) in [4.78, 5) is 15.7. The second-order valence-electron chi connectivity index (χ2n) is 6.54. The van der Waals surface area contributed by atoms with Crippen LogP contribution in [0, 0.1) is 0 Å². The van der Waals surface area contributed by atoms with E-state index in [1.54, 1.807) is 30.3 Å². The van der Waals surface area contributed by atoms with Gasteiger partial charge in [-0.25, -0.2) is 14.2 Å². The fourth-order valence-electron chi connectivity index (χ4n) is 2.87. The molecule has 0 unspecified atom stereocenters. The Morgan fingerprint density at radius 2 is 1.74 bits per heavy atom. The molecule has 160 valence electrons. The van der Waals surface area contributed by atoms with E-state index in [-0.39, 0.29) is 4.34 Å². The van der Waals surface area contributed by atoms with Crippen LogP contribution < -0.4 is 4.72 Å². The molecule has 0 saturated heterocycles. The molecular formula is C19H13F3N4O3S2. The molecule has 1 N–H and O–H groups in total. The van der Waals surface area contributed by atoms with Crippen molar-refractivity contribution in [1.82, 2.24) is 19.3 Å². The van der Waals surface area contributed by atoms with E-state index in [2.05, 4.69) is 10.1 Å². The fourth-order valence-corrected chi connectivity index (χ4v) is 4.94. The molecule has 2 aromatic carbocycles. The Hall–Kier alpha value is -3.25. The van der Waals surface area contributed by atoms with Crippen molar-refractivity contribution in [2.45, 2.75) is 17.4 Å². The first-order valence-corrected chi connectivity index (χ1v) is 11.0. The van der Waals surface area contributed by atoms with Gasteiger partial charge in [0.1, 0.15) is 0 Å². The minimum absolute atomic E-state index is 0.295. The largest absolute Gasteiger partial charge is 0.416 e. The van der Waals surface area contributed by atoms with E-state index in [0.29, 0.717) is 27.3 Å². The maximum absolute atomic E-state index is 12.9. The van der Waals surface area contributed by atoms with Gasteiger partial charge in [-0.3, -0.25) is 4.79 Å². The van der Waals surface area contributed by atoms with Gasteiger partial charge < -0.3 is 0 Å². The number of hydrogen-bond donors (Lipinski definition) is 1. The van der Waals surface area contributed by atoms with Gasteiger partial charge in [-0.05, 0) is 23.3 Å². The lowest BCUT2D eigenvalue weighted by molar-refractivity contribution is -0.137. The molecule has 2 heterocycles. The predicted octanol–water partition coefficient (Wildman–Crippen LogP) is 3.97. The summed E-state index contributed by atoms with van der Waals surface area (Å²) in [6.45, 7) is 1.08. The number of carbonyl (C=O) groups is 1. The van der Waals surface area contributed by atoms with Crippen LogP contribution in [0.1, 0.15) is 12.5 Å². The quantitative estimate of drug-likeness (QED) is 0.491. The number of nitrogens with zero attached hydrogens (tertiary/aromatic N) is 3. The van der Waals surface area contributed by atoms with Gasteiger partial charge in [0.05, 0.1) is 17.5 Å². The average molecular weight is 466 g/mol. The Morgan fingerprint density at radius 1 is 1.06 bits per heavy atom. The van der Waals surface area contributed by atoms with Crippen LogP contribution in [-0.4, -0.2) is 28.9 Å². The highest BCUT2D eigenvalue weighted by atomic mass is 32.2. The summed E-state index contributed by atoms with van der Waals surface area (Å²) in [6, 6.07) is 11.8. The van der Waals surface area contributed by atoms with Crippen LogP contribution >= 0.6 is 11.3 Å². The van der Waals surface area contributed by atoms with Crippen LogP contribution in [0.25, 0.3) is 27.3 Å². The van der Waals surface area contributed by atoms with Crippen molar-refractivity contribution in [1.29, 1.82) is 0 Å². The van der Waals surface area contributed by atoms with E-state index in [9.17, 15) is 26.4 Å². The predicted molar refractivity (Wildman–Crippen MR) is 108 cm³/mol. The van der Waals surface area contributed by atoms with E-state index in [1.165, 1.54) is 16.8 Å². The molecule has 12 heteroatoms. The lowest BCUT2D eigenvalue weighted by Gasteiger charge is -2.09. The van der Waals surface area contributed by atoms with Gasteiger partial charge in [0.25, 0.3) is 14.4 Å². The van der Waals surface area contributed by atoms with Crippen LogP contribution in [0.15, 0.2) is 59.1 Å². The molecule has 0 radical (unpaired) electrons. The van der Waals surface area contributed by atoms with Gasteiger partial charge in [0.15, 0.2) is 0 Å². The zero-order chi connectivity index (χ0) is 22.4. The van der Waals surface area contributed by atoms with Gasteiger partial charge in [-0.2, -0.15) is 21.6 Å². The summed E-state index contributed by atoms with van der Waals surface area (Å²) in [5.74, 6) is -0.727. The van der Waals surface area contributed by atoms with Crippen molar-refractivity contribution in [2.75, 3.05) is 0 Å². The van der Waals surface area contributed by atoms with Crippen molar-refractivity contribution in [3.63, 3.8) is 0 Å².